The molecule has 0 saturated carbocycles. The maximum Gasteiger partial charge on any atom is 0.338 e. The van der Waals surface area contributed by atoms with Crippen molar-refractivity contribution in [1.29, 1.82) is 0 Å². The average molecular weight is 308 g/mol. The molecule has 1 fully saturated rings. The minimum Gasteiger partial charge on any atom is -0.478 e. The number of nitrogens with zero attached hydrogens (tertiary/aromatic N) is 1. The first-order chi connectivity index (χ1) is 10.1. The predicted octanol–water partition coefficient (Wildman–Crippen LogP) is 3.25. The number of hydrogen-bond donors (Lipinski definition) is 2. The molecule has 0 unspecified atom stereocenters. The zero-order valence-corrected chi connectivity index (χ0v) is 13.6. The largest absolute Gasteiger partial charge is 0.478 e. The van der Waals surface area contributed by atoms with Crippen LogP contribution in [0.4, 0.5) is 5.69 Å². The van der Waals surface area contributed by atoms with E-state index < -0.39 is 5.97 Å². The molecule has 116 valence electrons. The molecule has 0 aliphatic carbocycles. The van der Waals surface area contributed by atoms with Gasteiger partial charge in [0.1, 0.15) is 0 Å². The third-order valence-corrected chi connectivity index (χ3v) is 4.95. The van der Waals surface area contributed by atoms with Crippen LogP contribution in [0.3, 0.4) is 0 Å². The fourth-order valence-corrected chi connectivity index (χ4v) is 3.45. The second kappa shape index (κ2) is 7.71. The Hall–Kier alpha value is -1.20. The summed E-state index contributed by atoms with van der Waals surface area (Å²) < 4.78 is 0. The highest BCUT2D eigenvalue weighted by atomic mass is 32.2. The summed E-state index contributed by atoms with van der Waals surface area (Å²) in [5.74, 6) is -0.104. The highest BCUT2D eigenvalue weighted by molar-refractivity contribution is 7.98. The molecule has 1 aromatic carbocycles. The van der Waals surface area contributed by atoms with E-state index in [0.29, 0.717) is 5.56 Å². The van der Waals surface area contributed by atoms with Crippen LogP contribution in [0.25, 0.3) is 0 Å². The predicted molar refractivity (Wildman–Crippen MR) is 88.5 cm³/mol. The number of aromatic carboxylic acids is 1. The van der Waals surface area contributed by atoms with Crippen molar-refractivity contribution in [3.8, 4) is 0 Å². The molecule has 0 amide bonds. The Morgan fingerprint density at radius 3 is 2.76 bits per heavy atom. The number of benzene rings is 1. The normalized spacial score (nSPS) is 16.9. The number of anilines is 1. The van der Waals surface area contributed by atoms with E-state index in [9.17, 15) is 9.90 Å². The second-order valence-electron chi connectivity index (χ2n) is 5.65. The third kappa shape index (κ3) is 4.38. The van der Waals surface area contributed by atoms with Crippen molar-refractivity contribution >= 4 is 23.4 Å². The number of nitrogens with one attached hydrogen (secondary N) is 1. The standard InChI is InChI=1S/C16H24N2O2S/c1-18-10-7-12(8-11-18)6-9-17-13-4-3-5-14(21-2)15(13)16(19)20/h3-5,12,17H,6-11H2,1-2H3,(H,19,20). The molecular weight excluding hydrogens is 284 g/mol. The van der Waals surface area contributed by atoms with Gasteiger partial charge in [-0.1, -0.05) is 6.07 Å². The lowest BCUT2D eigenvalue weighted by molar-refractivity contribution is 0.0694. The zero-order chi connectivity index (χ0) is 15.2. The van der Waals surface area contributed by atoms with Crippen LogP contribution < -0.4 is 5.32 Å². The summed E-state index contributed by atoms with van der Waals surface area (Å²) in [6, 6.07) is 5.63. The molecule has 5 heteroatoms. The van der Waals surface area contributed by atoms with Crippen molar-refractivity contribution in [2.45, 2.75) is 24.2 Å². The number of carboxylic acids is 1. The minimum atomic E-state index is -0.859. The number of rotatable bonds is 6. The van der Waals surface area contributed by atoms with Gasteiger partial charge in [-0.3, -0.25) is 0 Å². The number of piperidine rings is 1. The molecule has 0 aromatic heterocycles. The van der Waals surface area contributed by atoms with Crippen LogP contribution in [0, 0.1) is 5.92 Å². The van der Waals surface area contributed by atoms with Crippen LogP contribution in [-0.2, 0) is 0 Å². The van der Waals surface area contributed by atoms with Crippen LogP contribution in [0.1, 0.15) is 29.6 Å². The van der Waals surface area contributed by atoms with Gasteiger partial charge in [-0.05, 0) is 63.7 Å². The second-order valence-corrected chi connectivity index (χ2v) is 6.50. The first-order valence-corrected chi connectivity index (χ1v) is 8.67. The van der Waals surface area contributed by atoms with Crippen molar-refractivity contribution in [3.05, 3.63) is 23.8 Å². The van der Waals surface area contributed by atoms with Gasteiger partial charge >= 0.3 is 5.97 Å². The van der Waals surface area contributed by atoms with Crippen molar-refractivity contribution in [3.63, 3.8) is 0 Å². The smallest absolute Gasteiger partial charge is 0.338 e. The quantitative estimate of drug-likeness (QED) is 0.790. The molecule has 2 N–H and O–H groups in total. The summed E-state index contributed by atoms with van der Waals surface area (Å²) in [6.07, 6.45) is 5.50. The highest BCUT2D eigenvalue weighted by Crippen LogP contribution is 2.27. The van der Waals surface area contributed by atoms with Gasteiger partial charge in [-0.2, -0.15) is 0 Å². The number of likely N-dealkylation sites (tertiary alicyclic amines) is 1. The summed E-state index contributed by atoms with van der Waals surface area (Å²) in [5.41, 5.74) is 1.13. The Morgan fingerprint density at radius 1 is 1.43 bits per heavy atom. The molecule has 0 radical (unpaired) electrons. The number of hydrogen-bond acceptors (Lipinski definition) is 4. The molecule has 0 bridgehead atoms. The van der Waals surface area contributed by atoms with Gasteiger partial charge in [0.15, 0.2) is 0 Å². The minimum absolute atomic E-state index is 0.397. The summed E-state index contributed by atoms with van der Waals surface area (Å²) in [6.45, 7) is 3.19. The van der Waals surface area contributed by atoms with E-state index in [2.05, 4.69) is 17.3 Å². The molecule has 1 aliphatic rings. The zero-order valence-electron chi connectivity index (χ0n) is 12.8. The average Bonchev–Trinajstić information content (AvgIpc) is 2.48. The van der Waals surface area contributed by atoms with E-state index in [4.69, 9.17) is 0 Å². The van der Waals surface area contributed by atoms with Crippen LogP contribution in [-0.4, -0.2) is 48.9 Å². The molecule has 2 rings (SSSR count). The summed E-state index contributed by atoms with van der Waals surface area (Å²) in [7, 11) is 2.17. The molecule has 1 heterocycles. The Kier molecular flexibility index (Phi) is 5.94. The molecular formula is C16H24N2O2S. The van der Waals surface area contributed by atoms with Crippen LogP contribution >= 0.6 is 11.8 Å². The highest BCUT2D eigenvalue weighted by Gasteiger charge is 2.17. The van der Waals surface area contributed by atoms with Crippen molar-refractivity contribution in [1.82, 2.24) is 4.90 Å². The summed E-state index contributed by atoms with van der Waals surface area (Å²) in [5, 5.41) is 12.7. The first-order valence-electron chi connectivity index (χ1n) is 7.44. The number of thioether (sulfide) groups is 1. The maximum atomic E-state index is 11.4. The van der Waals surface area contributed by atoms with Crippen molar-refractivity contribution in [2.24, 2.45) is 5.92 Å². The summed E-state index contributed by atoms with van der Waals surface area (Å²) >= 11 is 1.47. The lowest BCUT2D eigenvalue weighted by Gasteiger charge is -2.29. The van der Waals surface area contributed by atoms with Crippen molar-refractivity contribution in [2.75, 3.05) is 38.3 Å². The van der Waals surface area contributed by atoms with Crippen LogP contribution in [0.2, 0.25) is 0 Å². The molecule has 4 nitrogen and oxygen atoms in total. The lowest BCUT2D eigenvalue weighted by atomic mass is 9.94. The third-order valence-electron chi connectivity index (χ3n) is 4.17. The van der Waals surface area contributed by atoms with E-state index in [1.165, 1.54) is 37.7 Å². The van der Waals surface area contributed by atoms with E-state index >= 15 is 0 Å². The van der Waals surface area contributed by atoms with Gasteiger partial charge in [-0.25, -0.2) is 4.79 Å². The molecule has 21 heavy (non-hydrogen) atoms. The topological polar surface area (TPSA) is 52.6 Å². The van der Waals surface area contributed by atoms with Crippen molar-refractivity contribution < 1.29 is 9.90 Å². The van der Waals surface area contributed by atoms with Gasteiger partial charge in [0.2, 0.25) is 0 Å². The van der Waals surface area contributed by atoms with Gasteiger partial charge in [0.05, 0.1) is 5.56 Å². The maximum absolute atomic E-state index is 11.4. The van der Waals surface area contributed by atoms with Gasteiger partial charge in [0, 0.05) is 17.1 Å². The number of carbonyl (C=O) groups is 1. The molecule has 1 saturated heterocycles. The Bertz CT molecular complexity index is 485. The fraction of sp³-hybridized carbons (Fsp3) is 0.562. The molecule has 1 aliphatic heterocycles. The van der Waals surface area contributed by atoms with Gasteiger partial charge in [-0.15, -0.1) is 11.8 Å². The molecule has 0 atom stereocenters. The van der Waals surface area contributed by atoms with Crippen LogP contribution in [0.5, 0.6) is 0 Å². The van der Waals surface area contributed by atoms with Gasteiger partial charge < -0.3 is 15.3 Å². The summed E-state index contributed by atoms with van der Waals surface area (Å²) in [4.78, 5) is 14.6. The van der Waals surface area contributed by atoms with Crippen LogP contribution in [0.15, 0.2) is 23.1 Å². The number of carboxylic acid groups (broad SMARTS) is 1. The van der Waals surface area contributed by atoms with E-state index in [1.807, 2.05) is 24.5 Å². The molecule has 1 aromatic rings. The van der Waals surface area contributed by atoms with E-state index in [0.717, 1.165) is 29.5 Å². The monoisotopic (exact) mass is 308 g/mol. The lowest BCUT2D eigenvalue weighted by Crippen LogP contribution is -2.30. The molecule has 0 spiro atoms. The Labute approximate surface area is 130 Å². The van der Waals surface area contributed by atoms with Gasteiger partial charge in [0.25, 0.3) is 0 Å². The first kappa shape index (κ1) is 16.2. The Balaban J connectivity index is 1.92. The van der Waals surface area contributed by atoms with E-state index in [-0.39, 0.29) is 0 Å². The SMILES string of the molecule is CSc1cccc(NCCC2CCN(C)CC2)c1C(=O)O. The fourth-order valence-electron chi connectivity index (χ4n) is 2.83. The van der Waals surface area contributed by atoms with E-state index in [1.54, 1.807) is 0 Å². The Morgan fingerprint density at radius 2 is 2.14 bits per heavy atom.